The van der Waals surface area contributed by atoms with Crippen LogP contribution >= 0.6 is 23.1 Å². The molecule has 0 radical (unpaired) electrons. The van der Waals surface area contributed by atoms with E-state index in [4.69, 9.17) is 0 Å². The predicted molar refractivity (Wildman–Crippen MR) is 134 cm³/mol. The van der Waals surface area contributed by atoms with Gasteiger partial charge in [-0.25, -0.2) is 13.4 Å². The van der Waals surface area contributed by atoms with E-state index in [9.17, 15) is 13.2 Å². The highest BCUT2D eigenvalue weighted by Crippen LogP contribution is 2.32. The van der Waals surface area contributed by atoms with Crippen LogP contribution in [0.1, 0.15) is 21.6 Å². The standard InChI is InChI=1S/C24H21N3O3S3/c1-16-14-20(32-24-25-17(2)15-31-24)12-13-22(16)26-23(28)18-8-10-19(11-9-18)27-33(29,30)21-6-4-3-5-7-21/h3-15,27H,1-2H3,(H,26,28). The predicted octanol–water partition coefficient (Wildman–Crippen LogP) is 5.96. The summed E-state index contributed by atoms with van der Waals surface area (Å²) in [6.07, 6.45) is 0. The van der Waals surface area contributed by atoms with Gasteiger partial charge in [0.15, 0.2) is 4.34 Å². The van der Waals surface area contributed by atoms with Gasteiger partial charge < -0.3 is 5.32 Å². The third-order valence-electron chi connectivity index (χ3n) is 4.70. The van der Waals surface area contributed by atoms with Gasteiger partial charge in [-0.1, -0.05) is 30.0 Å². The molecule has 33 heavy (non-hydrogen) atoms. The fourth-order valence-electron chi connectivity index (χ4n) is 3.02. The van der Waals surface area contributed by atoms with Crippen molar-refractivity contribution in [1.82, 2.24) is 4.98 Å². The van der Waals surface area contributed by atoms with Gasteiger partial charge in [0.25, 0.3) is 15.9 Å². The molecule has 168 valence electrons. The van der Waals surface area contributed by atoms with Crippen LogP contribution in [0.15, 0.2) is 92.3 Å². The summed E-state index contributed by atoms with van der Waals surface area (Å²) in [5.41, 5.74) is 3.46. The molecule has 0 aliphatic carbocycles. The number of aromatic nitrogens is 1. The lowest BCUT2D eigenvalue weighted by atomic mass is 10.1. The molecule has 0 unspecified atom stereocenters. The molecule has 0 spiro atoms. The number of benzene rings is 3. The Balaban J connectivity index is 1.41. The fourth-order valence-corrected chi connectivity index (χ4v) is 6.01. The number of hydrogen-bond donors (Lipinski definition) is 2. The van der Waals surface area contributed by atoms with Crippen molar-refractivity contribution in [3.05, 3.63) is 95.0 Å². The first kappa shape index (κ1) is 23.0. The van der Waals surface area contributed by atoms with E-state index in [2.05, 4.69) is 15.0 Å². The fraction of sp³-hybridized carbons (Fsp3) is 0.0833. The number of nitrogens with zero attached hydrogens (tertiary/aromatic N) is 1. The molecule has 1 heterocycles. The largest absolute Gasteiger partial charge is 0.322 e. The van der Waals surface area contributed by atoms with E-state index in [1.165, 1.54) is 12.1 Å². The number of amides is 1. The minimum Gasteiger partial charge on any atom is -0.322 e. The molecule has 1 aromatic heterocycles. The van der Waals surface area contributed by atoms with Crippen molar-refractivity contribution in [3.63, 3.8) is 0 Å². The molecule has 0 saturated heterocycles. The Labute approximate surface area is 201 Å². The topological polar surface area (TPSA) is 88.2 Å². The second-order valence-electron chi connectivity index (χ2n) is 7.28. The lowest BCUT2D eigenvalue weighted by Gasteiger charge is -2.11. The van der Waals surface area contributed by atoms with Crippen LogP contribution in [0.3, 0.4) is 0 Å². The second-order valence-corrected chi connectivity index (χ2v) is 11.1. The normalized spacial score (nSPS) is 11.2. The highest BCUT2D eigenvalue weighted by molar-refractivity contribution is 8.01. The van der Waals surface area contributed by atoms with Gasteiger partial charge in [0.1, 0.15) is 0 Å². The Morgan fingerprint density at radius 2 is 1.70 bits per heavy atom. The van der Waals surface area contributed by atoms with Crippen molar-refractivity contribution in [2.24, 2.45) is 0 Å². The Morgan fingerprint density at radius 1 is 0.970 bits per heavy atom. The summed E-state index contributed by atoms with van der Waals surface area (Å²) in [4.78, 5) is 18.4. The summed E-state index contributed by atoms with van der Waals surface area (Å²) in [6.45, 7) is 3.91. The summed E-state index contributed by atoms with van der Waals surface area (Å²) in [5, 5.41) is 4.93. The maximum atomic E-state index is 12.7. The van der Waals surface area contributed by atoms with Crippen molar-refractivity contribution in [1.29, 1.82) is 0 Å². The SMILES string of the molecule is Cc1csc(Sc2ccc(NC(=O)c3ccc(NS(=O)(=O)c4ccccc4)cc3)c(C)c2)n1. The molecule has 6 nitrogen and oxygen atoms in total. The first-order valence-electron chi connectivity index (χ1n) is 10.00. The number of thiazole rings is 1. The smallest absolute Gasteiger partial charge is 0.261 e. The third-order valence-corrected chi connectivity index (χ3v) is 8.15. The van der Waals surface area contributed by atoms with Crippen LogP contribution in [0.2, 0.25) is 0 Å². The van der Waals surface area contributed by atoms with E-state index in [0.29, 0.717) is 16.9 Å². The minimum absolute atomic E-state index is 0.175. The Hall–Kier alpha value is -3.14. The van der Waals surface area contributed by atoms with Gasteiger partial charge in [0.05, 0.1) is 4.90 Å². The zero-order valence-corrected chi connectivity index (χ0v) is 20.4. The molecule has 4 rings (SSSR count). The van der Waals surface area contributed by atoms with Crippen LogP contribution in [-0.4, -0.2) is 19.3 Å². The number of rotatable bonds is 7. The van der Waals surface area contributed by atoms with Gasteiger partial charge in [-0.3, -0.25) is 9.52 Å². The van der Waals surface area contributed by atoms with Crippen LogP contribution in [0.5, 0.6) is 0 Å². The molecule has 9 heteroatoms. The molecule has 3 aromatic carbocycles. The number of sulfonamides is 1. The molecule has 1 amide bonds. The summed E-state index contributed by atoms with van der Waals surface area (Å²) >= 11 is 3.19. The average molecular weight is 496 g/mol. The zero-order chi connectivity index (χ0) is 23.4. The number of anilines is 2. The highest BCUT2D eigenvalue weighted by atomic mass is 32.2. The Bertz CT molecular complexity index is 1380. The van der Waals surface area contributed by atoms with Crippen LogP contribution < -0.4 is 10.0 Å². The molecule has 2 N–H and O–H groups in total. The monoisotopic (exact) mass is 495 g/mol. The van der Waals surface area contributed by atoms with E-state index >= 15 is 0 Å². The Kier molecular flexibility index (Phi) is 6.83. The van der Waals surface area contributed by atoms with E-state index in [1.807, 2.05) is 37.4 Å². The van der Waals surface area contributed by atoms with Crippen LogP contribution in [0.4, 0.5) is 11.4 Å². The maximum Gasteiger partial charge on any atom is 0.261 e. The average Bonchev–Trinajstić information content (AvgIpc) is 3.21. The summed E-state index contributed by atoms with van der Waals surface area (Å²) in [6, 6.07) is 20.3. The van der Waals surface area contributed by atoms with E-state index in [1.54, 1.807) is 65.6 Å². The van der Waals surface area contributed by atoms with E-state index < -0.39 is 10.0 Å². The molecule has 0 aliphatic rings. The van der Waals surface area contributed by atoms with Gasteiger partial charge in [-0.2, -0.15) is 0 Å². The first-order valence-corrected chi connectivity index (χ1v) is 13.2. The number of carbonyl (C=O) groups is 1. The lowest BCUT2D eigenvalue weighted by Crippen LogP contribution is -2.14. The van der Waals surface area contributed by atoms with Crippen LogP contribution in [0, 0.1) is 13.8 Å². The van der Waals surface area contributed by atoms with Crippen molar-refractivity contribution in [2.45, 2.75) is 28.0 Å². The number of hydrogen-bond acceptors (Lipinski definition) is 6. The first-order chi connectivity index (χ1) is 15.8. The second kappa shape index (κ2) is 9.78. The van der Waals surface area contributed by atoms with Crippen LogP contribution in [-0.2, 0) is 10.0 Å². The van der Waals surface area contributed by atoms with Crippen molar-refractivity contribution < 1.29 is 13.2 Å². The van der Waals surface area contributed by atoms with Crippen LogP contribution in [0.25, 0.3) is 0 Å². The molecule has 0 bridgehead atoms. The van der Waals surface area contributed by atoms with Gasteiger partial charge in [-0.15, -0.1) is 11.3 Å². The molecular weight excluding hydrogens is 474 g/mol. The minimum atomic E-state index is -3.68. The van der Waals surface area contributed by atoms with Crippen molar-refractivity contribution in [2.75, 3.05) is 10.0 Å². The quantitative estimate of drug-likeness (QED) is 0.330. The number of nitrogens with one attached hydrogen (secondary N) is 2. The zero-order valence-electron chi connectivity index (χ0n) is 17.9. The third kappa shape index (κ3) is 5.81. The highest BCUT2D eigenvalue weighted by Gasteiger charge is 2.14. The molecule has 0 fully saturated rings. The molecule has 0 aliphatic heterocycles. The summed E-state index contributed by atoms with van der Waals surface area (Å²) < 4.78 is 28.4. The molecule has 0 atom stereocenters. The molecule has 4 aromatic rings. The van der Waals surface area contributed by atoms with Gasteiger partial charge in [-0.05, 0) is 74.0 Å². The Morgan fingerprint density at radius 3 is 2.33 bits per heavy atom. The van der Waals surface area contributed by atoms with E-state index in [0.717, 1.165) is 20.5 Å². The van der Waals surface area contributed by atoms with Gasteiger partial charge in [0.2, 0.25) is 0 Å². The van der Waals surface area contributed by atoms with Crippen molar-refractivity contribution >= 4 is 50.4 Å². The lowest BCUT2D eigenvalue weighted by molar-refractivity contribution is 0.102. The van der Waals surface area contributed by atoms with Gasteiger partial charge >= 0.3 is 0 Å². The van der Waals surface area contributed by atoms with Crippen molar-refractivity contribution in [3.8, 4) is 0 Å². The summed E-state index contributed by atoms with van der Waals surface area (Å²) in [5.74, 6) is -0.272. The number of aryl methyl sites for hydroxylation is 2. The molecular formula is C24H21N3O3S3. The maximum absolute atomic E-state index is 12.7. The van der Waals surface area contributed by atoms with Gasteiger partial charge in [0, 0.05) is 32.9 Å². The number of carbonyl (C=O) groups excluding carboxylic acids is 1. The molecule has 0 saturated carbocycles. The summed E-state index contributed by atoms with van der Waals surface area (Å²) in [7, 11) is -3.68. The van der Waals surface area contributed by atoms with E-state index in [-0.39, 0.29) is 10.8 Å².